The van der Waals surface area contributed by atoms with Crippen LogP contribution in [0, 0.1) is 17.3 Å². The monoisotopic (exact) mass is 414 g/mol. The fraction of sp³-hybridized carbons (Fsp3) is 0.708. The van der Waals surface area contributed by atoms with Gasteiger partial charge in [-0.1, -0.05) is 26.0 Å². The van der Waals surface area contributed by atoms with Crippen molar-refractivity contribution in [3.63, 3.8) is 0 Å². The van der Waals surface area contributed by atoms with Crippen LogP contribution in [0.2, 0.25) is 0 Å². The summed E-state index contributed by atoms with van der Waals surface area (Å²) in [6.07, 6.45) is 3.67. The predicted octanol–water partition coefficient (Wildman–Crippen LogP) is 2.76. The zero-order valence-corrected chi connectivity index (χ0v) is 18.7. The number of guanidine groups is 1. The van der Waals surface area contributed by atoms with Gasteiger partial charge in [0.25, 0.3) is 0 Å². The van der Waals surface area contributed by atoms with Gasteiger partial charge in [0.05, 0.1) is 12.6 Å². The molecule has 6 heteroatoms. The maximum Gasteiger partial charge on any atom is 0.191 e. The van der Waals surface area contributed by atoms with E-state index in [1.165, 1.54) is 11.3 Å². The number of ether oxygens (including phenoxy) is 1. The van der Waals surface area contributed by atoms with Crippen molar-refractivity contribution in [1.82, 2.24) is 10.6 Å². The molecule has 0 aromatic heterocycles. The van der Waals surface area contributed by atoms with Crippen LogP contribution in [0.3, 0.4) is 0 Å². The minimum absolute atomic E-state index is 0.141. The van der Waals surface area contributed by atoms with Crippen molar-refractivity contribution >= 4 is 11.6 Å². The number of aliphatic hydroxyl groups is 1. The van der Waals surface area contributed by atoms with E-state index in [0.717, 1.165) is 51.5 Å². The molecule has 3 unspecified atom stereocenters. The second kappa shape index (κ2) is 9.15. The van der Waals surface area contributed by atoms with Gasteiger partial charge >= 0.3 is 0 Å². The molecule has 2 aliphatic heterocycles. The van der Waals surface area contributed by atoms with Crippen LogP contribution >= 0.6 is 0 Å². The van der Waals surface area contributed by atoms with Crippen molar-refractivity contribution in [1.29, 1.82) is 0 Å². The van der Waals surface area contributed by atoms with E-state index in [1.807, 2.05) is 0 Å². The lowest BCUT2D eigenvalue weighted by Crippen LogP contribution is -2.67. The van der Waals surface area contributed by atoms with Crippen LogP contribution in [0.1, 0.15) is 45.6 Å². The number of aliphatic imine (C=N–C) groups is 1. The molecular formula is C24H38N4O2. The number of nitrogens with zero attached hydrogens (tertiary/aromatic N) is 2. The van der Waals surface area contributed by atoms with E-state index in [1.54, 1.807) is 0 Å². The largest absolute Gasteiger partial charge is 0.396 e. The van der Waals surface area contributed by atoms with Gasteiger partial charge < -0.3 is 25.4 Å². The molecule has 1 aromatic rings. The van der Waals surface area contributed by atoms with Crippen LogP contribution < -0.4 is 15.5 Å². The van der Waals surface area contributed by atoms with E-state index < -0.39 is 0 Å². The average Bonchev–Trinajstić information content (AvgIpc) is 3.23. The molecule has 3 N–H and O–H groups in total. The highest BCUT2D eigenvalue weighted by Gasteiger charge is 2.59. The van der Waals surface area contributed by atoms with Gasteiger partial charge in [-0.25, -0.2) is 4.99 Å². The highest BCUT2D eigenvalue weighted by atomic mass is 16.5. The van der Waals surface area contributed by atoms with Gasteiger partial charge in [0, 0.05) is 55.9 Å². The SMILES string of the molecule is CCNC(=NCc1ccc(N2CCC(CO)CC2)cc1)NC1C2CCOC2C1(C)C. The normalized spacial score (nSPS) is 28.7. The van der Waals surface area contributed by atoms with Crippen molar-refractivity contribution in [3.8, 4) is 0 Å². The third kappa shape index (κ3) is 4.30. The van der Waals surface area contributed by atoms with E-state index in [9.17, 15) is 5.11 Å². The van der Waals surface area contributed by atoms with Gasteiger partial charge in [0.15, 0.2) is 5.96 Å². The molecule has 6 nitrogen and oxygen atoms in total. The Balaban J connectivity index is 1.35. The minimum Gasteiger partial charge on any atom is -0.396 e. The van der Waals surface area contributed by atoms with Crippen molar-refractivity contribution in [2.75, 3.05) is 37.7 Å². The Morgan fingerprint density at radius 2 is 1.93 bits per heavy atom. The Kier molecular flexibility index (Phi) is 6.54. The van der Waals surface area contributed by atoms with Gasteiger partial charge in [0.1, 0.15) is 0 Å². The fourth-order valence-electron chi connectivity index (χ4n) is 5.44. The van der Waals surface area contributed by atoms with E-state index in [4.69, 9.17) is 9.73 Å². The smallest absolute Gasteiger partial charge is 0.191 e. The van der Waals surface area contributed by atoms with Crippen LogP contribution in [0.5, 0.6) is 0 Å². The molecular weight excluding hydrogens is 376 g/mol. The molecule has 0 bridgehead atoms. The van der Waals surface area contributed by atoms with Gasteiger partial charge in [0.2, 0.25) is 0 Å². The molecule has 3 fully saturated rings. The first-order chi connectivity index (χ1) is 14.5. The predicted molar refractivity (Wildman–Crippen MR) is 122 cm³/mol. The summed E-state index contributed by atoms with van der Waals surface area (Å²) in [6, 6.07) is 9.20. The van der Waals surface area contributed by atoms with Crippen molar-refractivity contribution < 1.29 is 9.84 Å². The first kappa shape index (κ1) is 21.4. The molecule has 1 aliphatic carbocycles. The third-order valence-electron chi connectivity index (χ3n) is 7.33. The summed E-state index contributed by atoms with van der Waals surface area (Å²) in [5.74, 6) is 1.97. The van der Waals surface area contributed by atoms with Crippen LogP contribution in [0.15, 0.2) is 29.3 Å². The van der Waals surface area contributed by atoms with Crippen LogP contribution in [0.25, 0.3) is 0 Å². The summed E-state index contributed by atoms with van der Waals surface area (Å²) in [6.45, 7) is 11.5. The summed E-state index contributed by atoms with van der Waals surface area (Å²) in [5, 5.41) is 16.4. The van der Waals surface area contributed by atoms with E-state index in [-0.39, 0.29) is 5.41 Å². The van der Waals surface area contributed by atoms with Gasteiger partial charge in [-0.2, -0.15) is 0 Å². The summed E-state index contributed by atoms with van der Waals surface area (Å²) in [7, 11) is 0. The fourth-order valence-corrected chi connectivity index (χ4v) is 5.44. The van der Waals surface area contributed by atoms with Gasteiger partial charge in [-0.3, -0.25) is 0 Å². The quantitative estimate of drug-likeness (QED) is 0.493. The summed E-state index contributed by atoms with van der Waals surface area (Å²) < 4.78 is 5.92. The highest BCUT2D eigenvalue weighted by Crippen LogP contribution is 2.52. The molecule has 2 heterocycles. The number of nitrogens with one attached hydrogen (secondary N) is 2. The van der Waals surface area contributed by atoms with Crippen molar-refractivity contribution in [3.05, 3.63) is 29.8 Å². The molecule has 0 radical (unpaired) electrons. The van der Waals surface area contributed by atoms with E-state index >= 15 is 0 Å². The standard InChI is InChI=1S/C24H38N4O2/c1-4-25-23(27-21-20-11-14-30-22(20)24(21,2)3)26-15-17-5-7-19(8-6-17)28-12-9-18(16-29)10-13-28/h5-8,18,20-22,29H,4,9-16H2,1-3H3,(H2,25,26,27). The maximum absolute atomic E-state index is 9.33. The van der Waals surface area contributed by atoms with Crippen molar-refractivity contribution in [2.24, 2.45) is 22.2 Å². The average molecular weight is 415 g/mol. The number of benzene rings is 1. The van der Waals surface area contributed by atoms with Crippen LogP contribution in [0.4, 0.5) is 5.69 Å². The third-order valence-corrected chi connectivity index (χ3v) is 7.33. The summed E-state index contributed by atoms with van der Waals surface area (Å²) in [4.78, 5) is 7.28. The molecule has 0 amide bonds. The number of fused-ring (bicyclic) bond motifs is 1. The number of piperidine rings is 1. The second-order valence-corrected chi connectivity index (χ2v) is 9.66. The Morgan fingerprint density at radius 1 is 1.20 bits per heavy atom. The summed E-state index contributed by atoms with van der Waals surface area (Å²) in [5.41, 5.74) is 2.63. The topological polar surface area (TPSA) is 69.1 Å². The number of hydrogen-bond donors (Lipinski definition) is 3. The Bertz CT molecular complexity index is 725. The van der Waals surface area contributed by atoms with Crippen LogP contribution in [-0.2, 0) is 11.3 Å². The zero-order valence-electron chi connectivity index (χ0n) is 18.7. The first-order valence-electron chi connectivity index (χ1n) is 11.6. The zero-order chi connectivity index (χ0) is 21.1. The Morgan fingerprint density at radius 3 is 2.60 bits per heavy atom. The number of anilines is 1. The van der Waals surface area contributed by atoms with E-state index in [2.05, 4.69) is 60.6 Å². The molecule has 3 aliphatic rings. The van der Waals surface area contributed by atoms with E-state index in [0.29, 0.717) is 37.1 Å². The minimum atomic E-state index is 0.141. The number of aliphatic hydroxyl groups excluding tert-OH is 1. The second-order valence-electron chi connectivity index (χ2n) is 9.66. The first-order valence-corrected chi connectivity index (χ1v) is 11.6. The van der Waals surface area contributed by atoms with Gasteiger partial charge in [-0.05, 0) is 49.8 Å². The lowest BCUT2D eigenvalue weighted by molar-refractivity contribution is -0.106. The number of hydrogen-bond acceptors (Lipinski definition) is 4. The van der Waals surface area contributed by atoms with Gasteiger partial charge in [-0.15, -0.1) is 0 Å². The molecule has 3 atom stereocenters. The lowest BCUT2D eigenvalue weighted by Gasteiger charge is -2.54. The molecule has 1 saturated carbocycles. The Labute approximate surface area is 181 Å². The Hall–Kier alpha value is -1.79. The molecule has 166 valence electrons. The molecule has 4 rings (SSSR count). The maximum atomic E-state index is 9.33. The molecule has 2 saturated heterocycles. The van der Waals surface area contributed by atoms with Crippen molar-refractivity contribution in [2.45, 2.75) is 58.7 Å². The summed E-state index contributed by atoms with van der Waals surface area (Å²) >= 11 is 0. The lowest BCUT2D eigenvalue weighted by atomic mass is 9.57. The highest BCUT2D eigenvalue weighted by molar-refractivity contribution is 5.80. The number of rotatable bonds is 6. The van der Waals surface area contributed by atoms with Crippen LogP contribution in [-0.4, -0.2) is 56.1 Å². The molecule has 30 heavy (non-hydrogen) atoms. The molecule has 1 aromatic carbocycles. The molecule has 0 spiro atoms.